The number of nitrogens with one attached hydrogen (secondary N) is 1. The van der Waals surface area contributed by atoms with Gasteiger partial charge >= 0.3 is 6.09 Å². The smallest absolute Gasteiger partial charge is 0.412 e. The molecule has 0 radical (unpaired) electrons. The van der Waals surface area contributed by atoms with Gasteiger partial charge in [-0.15, -0.1) is 0 Å². The molecule has 0 fully saturated rings. The Balaban J connectivity index is 2.24. The van der Waals surface area contributed by atoms with Crippen molar-refractivity contribution in [2.24, 2.45) is 0 Å². The van der Waals surface area contributed by atoms with Crippen LogP contribution < -0.4 is 11.1 Å². The summed E-state index contributed by atoms with van der Waals surface area (Å²) >= 11 is 0. The van der Waals surface area contributed by atoms with Crippen molar-refractivity contribution in [2.75, 3.05) is 11.1 Å². The number of amides is 1. The second-order valence-electron chi connectivity index (χ2n) is 4.88. The van der Waals surface area contributed by atoms with Crippen LogP contribution in [0.1, 0.15) is 20.8 Å². The predicted molar refractivity (Wildman–Crippen MR) is 68.3 cm³/mol. The Morgan fingerprint density at radius 1 is 1.44 bits per heavy atom. The highest BCUT2D eigenvalue weighted by molar-refractivity contribution is 6.00. The van der Waals surface area contributed by atoms with Crippen LogP contribution in [-0.2, 0) is 4.74 Å². The maximum absolute atomic E-state index is 11.7. The first kappa shape index (κ1) is 12.2. The van der Waals surface area contributed by atoms with Gasteiger partial charge in [0.15, 0.2) is 11.4 Å². The molecule has 1 amide bonds. The zero-order valence-corrected chi connectivity index (χ0v) is 10.5. The van der Waals surface area contributed by atoms with Crippen molar-refractivity contribution in [2.45, 2.75) is 26.4 Å². The summed E-state index contributed by atoms with van der Waals surface area (Å²) in [6, 6.07) is 5.21. The number of carbonyl (C=O) groups excluding carboxylic acids is 1. The number of para-hydroxylation sites is 1. The molecule has 2 rings (SSSR count). The van der Waals surface area contributed by atoms with Gasteiger partial charge in [-0.1, -0.05) is 11.2 Å². The van der Waals surface area contributed by atoms with Gasteiger partial charge in [-0.2, -0.15) is 0 Å². The lowest BCUT2D eigenvalue weighted by atomic mass is 10.2. The highest BCUT2D eigenvalue weighted by Crippen LogP contribution is 2.27. The molecule has 0 aliphatic carbocycles. The van der Waals surface area contributed by atoms with Crippen molar-refractivity contribution in [3.05, 3.63) is 18.2 Å². The van der Waals surface area contributed by atoms with Gasteiger partial charge in [0.1, 0.15) is 5.60 Å². The maximum Gasteiger partial charge on any atom is 0.412 e. The number of nitrogens with two attached hydrogens (primary N) is 1. The number of carbonyl (C=O) groups is 1. The first-order valence-corrected chi connectivity index (χ1v) is 5.51. The van der Waals surface area contributed by atoms with Crippen LogP contribution in [-0.4, -0.2) is 16.9 Å². The van der Waals surface area contributed by atoms with Gasteiger partial charge < -0.3 is 15.0 Å². The molecule has 0 aliphatic heterocycles. The minimum absolute atomic E-state index is 0.290. The largest absolute Gasteiger partial charge is 0.444 e. The minimum Gasteiger partial charge on any atom is -0.444 e. The van der Waals surface area contributed by atoms with E-state index in [1.165, 1.54) is 0 Å². The first-order valence-electron chi connectivity index (χ1n) is 5.51. The fourth-order valence-electron chi connectivity index (χ4n) is 1.49. The normalized spacial score (nSPS) is 11.5. The van der Waals surface area contributed by atoms with Crippen LogP contribution in [0.2, 0.25) is 0 Å². The van der Waals surface area contributed by atoms with E-state index in [4.69, 9.17) is 15.0 Å². The van der Waals surface area contributed by atoms with Gasteiger partial charge in [0.05, 0.1) is 11.1 Å². The number of ether oxygens (including phenoxy) is 1. The highest BCUT2D eigenvalue weighted by Gasteiger charge is 2.18. The van der Waals surface area contributed by atoms with Crippen molar-refractivity contribution in [3.63, 3.8) is 0 Å². The molecule has 3 N–H and O–H groups in total. The summed E-state index contributed by atoms with van der Waals surface area (Å²) in [5.41, 5.74) is 5.98. The summed E-state index contributed by atoms with van der Waals surface area (Å²) in [4.78, 5) is 11.7. The van der Waals surface area contributed by atoms with Crippen molar-refractivity contribution >= 4 is 28.6 Å². The fourth-order valence-corrected chi connectivity index (χ4v) is 1.49. The molecule has 0 aliphatic rings. The standard InChI is InChI=1S/C12H15N3O3/c1-12(2,3)17-11(16)14-8-6-4-5-7-9(8)18-15-10(7)13/h4-6H,1-3H3,(H2,13,15)(H,14,16). The number of anilines is 2. The van der Waals surface area contributed by atoms with Crippen molar-refractivity contribution < 1.29 is 14.1 Å². The molecule has 18 heavy (non-hydrogen) atoms. The third-order valence-corrected chi connectivity index (χ3v) is 2.16. The number of hydrogen-bond acceptors (Lipinski definition) is 5. The van der Waals surface area contributed by atoms with E-state index in [1.54, 1.807) is 39.0 Å². The number of fused-ring (bicyclic) bond motifs is 1. The lowest BCUT2D eigenvalue weighted by molar-refractivity contribution is 0.0636. The maximum atomic E-state index is 11.7. The average molecular weight is 249 g/mol. The monoisotopic (exact) mass is 249 g/mol. The van der Waals surface area contributed by atoms with Gasteiger partial charge in [-0.05, 0) is 32.9 Å². The second-order valence-corrected chi connectivity index (χ2v) is 4.88. The molecule has 6 heteroatoms. The quantitative estimate of drug-likeness (QED) is 0.810. The summed E-state index contributed by atoms with van der Waals surface area (Å²) in [6.45, 7) is 5.37. The highest BCUT2D eigenvalue weighted by atomic mass is 16.6. The molecule has 0 spiro atoms. The van der Waals surface area contributed by atoms with E-state index in [0.29, 0.717) is 16.7 Å². The summed E-state index contributed by atoms with van der Waals surface area (Å²) in [7, 11) is 0. The number of hydrogen-bond donors (Lipinski definition) is 2. The van der Waals surface area contributed by atoms with Crippen molar-refractivity contribution in [1.29, 1.82) is 0 Å². The van der Waals surface area contributed by atoms with Crippen LogP contribution in [0, 0.1) is 0 Å². The Hall–Kier alpha value is -2.24. The van der Waals surface area contributed by atoms with Crippen molar-refractivity contribution in [3.8, 4) is 0 Å². The van der Waals surface area contributed by atoms with Gasteiger partial charge in [0, 0.05) is 0 Å². The lowest BCUT2D eigenvalue weighted by Gasteiger charge is -2.19. The molecule has 6 nitrogen and oxygen atoms in total. The Labute approximate surface area is 104 Å². The molecule has 0 saturated heterocycles. The molecule has 0 atom stereocenters. The number of benzene rings is 1. The first-order chi connectivity index (χ1) is 8.37. The zero-order chi connectivity index (χ0) is 13.3. The lowest BCUT2D eigenvalue weighted by Crippen LogP contribution is -2.27. The SMILES string of the molecule is CC(C)(C)OC(=O)Nc1cccc2c(N)noc12. The van der Waals surface area contributed by atoms with E-state index in [1.807, 2.05) is 0 Å². The Kier molecular flexibility index (Phi) is 2.86. The van der Waals surface area contributed by atoms with E-state index in [0.717, 1.165) is 0 Å². The molecule has 0 saturated carbocycles. The van der Waals surface area contributed by atoms with Gasteiger partial charge in [0.2, 0.25) is 0 Å². The number of nitrogens with zero attached hydrogens (tertiary/aromatic N) is 1. The van der Waals surface area contributed by atoms with Crippen LogP contribution in [0.4, 0.5) is 16.3 Å². The van der Waals surface area contributed by atoms with Crippen LogP contribution in [0.25, 0.3) is 11.0 Å². The van der Waals surface area contributed by atoms with Crippen LogP contribution in [0.5, 0.6) is 0 Å². The number of aromatic nitrogens is 1. The molecular formula is C12H15N3O3. The van der Waals surface area contributed by atoms with E-state index < -0.39 is 11.7 Å². The van der Waals surface area contributed by atoms with E-state index >= 15 is 0 Å². The Morgan fingerprint density at radius 3 is 2.83 bits per heavy atom. The average Bonchev–Trinajstić information content (AvgIpc) is 2.59. The van der Waals surface area contributed by atoms with Crippen LogP contribution in [0.15, 0.2) is 22.7 Å². The number of nitrogen functional groups attached to an aromatic ring is 1. The fraction of sp³-hybridized carbons (Fsp3) is 0.333. The Bertz CT molecular complexity index is 584. The molecule has 1 aromatic heterocycles. The molecule has 1 aromatic carbocycles. The second kappa shape index (κ2) is 4.21. The summed E-state index contributed by atoms with van der Waals surface area (Å²) in [5.74, 6) is 0.290. The van der Waals surface area contributed by atoms with Crippen LogP contribution in [0.3, 0.4) is 0 Å². The van der Waals surface area contributed by atoms with Crippen LogP contribution >= 0.6 is 0 Å². The molecule has 2 aromatic rings. The molecule has 96 valence electrons. The van der Waals surface area contributed by atoms with Gasteiger partial charge in [-0.3, -0.25) is 5.32 Å². The third kappa shape index (κ3) is 2.53. The molecule has 1 heterocycles. The van der Waals surface area contributed by atoms with E-state index in [2.05, 4.69) is 10.5 Å². The van der Waals surface area contributed by atoms with E-state index in [9.17, 15) is 4.79 Å². The zero-order valence-electron chi connectivity index (χ0n) is 10.5. The summed E-state index contributed by atoms with van der Waals surface area (Å²) in [5, 5.41) is 6.91. The number of rotatable bonds is 1. The predicted octanol–water partition coefficient (Wildman–Crippen LogP) is 2.76. The van der Waals surface area contributed by atoms with Gasteiger partial charge in [0.25, 0.3) is 0 Å². The topological polar surface area (TPSA) is 90.4 Å². The van der Waals surface area contributed by atoms with Gasteiger partial charge in [-0.25, -0.2) is 4.79 Å². The molecular weight excluding hydrogens is 234 g/mol. The minimum atomic E-state index is -0.557. The summed E-state index contributed by atoms with van der Waals surface area (Å²) < 4.78 is 10.2. The Morgan fingerprint density at radius 2 is 2.17 bits per heavy atom. The molecule has 0 bridgehead atoms. The van der Waals surface area contributed by atoms with Crippen molar-refractivity contribution in [1.82, 2.24) is 5.16 Å². The van der Waals surface area contributed by atoms with E-state index in [-0.39, 0.29) is 5.82 Å². The summed E-state index contributed by atoms with van der Waals surface area (Å²) in [6.07, 6.45) is -0.551. The third-order valence-electron chi connectivity index (χ3n) is 2.16. The molecule has 0 unspecified atom stereocenters.